The lowest BCUT2D eigenvalue weighted by molar-refractivity contribution is 0.528. The highest BCUT2D eigenvalue weighted by Crippen LogP contribution is 2.29. The average molecular weight is 399 g/mol. The highest BCUT2D eigenvalue weighted by molar-refractivity contribution is 7.98. The number of nitrogens with zero attached hydrogens (tertiary/aromatic N) is 4. The number of benzene rings is 1. The standard InChI is InChI=1S/C19H18N4O2S2/c1-10-5-7-13(8-6-10)16-22-21-14(25-16)9-26-19-20-17-15(18(24)23(19)4)11(2)12(3)27-17/h5-8H,9H2,1-4H3. The molecule has 0 spiro atoms. The Hall–Kier alpha value is -2.45. The van der Waals surface area contributed by atoms with Gasteiger partial charge in [-0.15, -0.1) is 21.5 Å². The Kier molecular flexibility index (Phi) is 4.61. The van der Waals surface area contributed by atoms with E-state index in [1.165, 1.54) is 17.3 Å². The number of fused-ring (bicyclic) bond motifs is 1. The zero-order chi connectivity index (χ0) is 19.1. The zero-order valence-electron chi connectivity index (χ0n) is 15.4. The highest BCUT2D eigenvalue weighted by Gasteiger charge is 2.16. The van der Waals surface area contributed by atoms with E-state index in [0.717, 1.165) is 20.8 Å². The molecule has 3 aromatic heterocycles. The molecule has 0 saturated carbocycles. The van der Waals surface area contributed by atoms with Gasteiger partial charge in [-0.1, -0.05) is 29.5 Å². The van der Waals surface area contributed by atoms with Crippen LogP contribution in [0.5, 0.6) is 0 Å². The lowest BCUT2D eigenvalue weighted by Crippen LogP contribution is -2.19. The van der Waals surface area contributed by atoms with Crippen LogP contribution in [0.3, 0.4) is 0 Å². The van der Waals surface area contributed by atoms with Crippen LogP contribution < -0.4 is 5.56 Å². The number of hydrogen-bond acceptors (Lipinski definition) is 7. The molecular weight excluding hydrogens is 380 g/mol. The van der Waals surface area contributed by atoms with E-state index in [9.17, 15) is 4.79 Å². The number of aryl methyl sites for hydroxylation is 3. The van der Waals surface area contributed by atoms with Gasteiger partial charge in [0, 0.05) is 17.5 Å². The Morgan fingerprint density at radius 1 is 1.15 bits per heavy atom. The predicted octanol–water partition coefficient (Wildman–Crippen LogP) is 4.26. The summed E-state index contributed by atoms with van der Waals surface area (Å²) >= 11 is 2.97. The van der Waals surface area contributed by atoms with Gasteiger partial charge in [-0.25, -0.2) is 4.98 Å². The normalized spacial score (nSPS) is 11.4. The molecule has 138 valence electrons. The number of thiophene rings is 1. The lowest BCUT2D eigenvalue weighted by atomic mass is 10.1. The molecule has 0 radical (unpaired) electrons. The van der Waals surface area contributed by atoms with Crippen molar-refractivity contribution in [1.29, 1.82) is 0 Å². The third kappa shape index (κ3) is 3.30. The summed E-state index contributed by atoms with van der Waals surface area (Å²) in [6.45, 7) is 6.01. The largest absolute Gasteiger partial charge is 0.420 e. The molecule has 0 aliphatic heterocycles. The third-order valence-electron chi connectivity index (χ3n) is 4.46. The van der Waals surface area contributed by atoms with E-state index in [-0.39, 0.29) is 5.56 Å². The third-order valence-corrected chi connectivity index (χ3v) is 6.58. The molecule has 0 aliphatic rings. The van der Waals surface area contributed by atoms with Gasteiger partial charge in [0.2, 0.25) is 11.8 Å². The molecule has 4 rings (SSSR count). The van der Waals surface area contributed by atoms with Crippen molar-refractivity contribution in [3.05, 3.63) is 56.5 Å². The Labute approximate surface area is 164 Å². The quantitative estimate of drug-likeness (QED) is 0.378. The van der Waals surface area contributed by atoms with Crippen molar-refractivity contribution in [3.8, 4) is 11.5 Å². The SMILES string of the molecule is Cc1ccc(-c2nnc(CSc3nc4sc(C)c(C)c4c(=O)n3C)o2)cc1. The summed E-state index contributed by atoms with van der Waals surface area (Å²) in [7, 11) is 1.75. The summed E-state index contributed by atoms with van der Waals surface area (Å²) in [5, 5.41) is 9.58. The van der Waals surface area contributed by atoms with E-state index in [4.69, 9.17) is 4.42 Å². The topological polar surface area (TPSA) is 73.8 Å². The minimum atomic E-state index is -0.0183. The Morgan fingerprint density at radius 3 is 2.63 bits per heavy atom. The van der Waals surface area contributed by atoms with E-state index in [0.29, 0.717) is 28.1 Å². The van der Waals surface area contributed by atoms with Crippen LogP contribution in [0.2, 0.25) is 0 Å². The number of thioether (sulfide) groups is 1. The second-order valence-corrected chi connectivity index (χ2v) is 8.52. The number of rotatable bonds is 4. The van der Waals surface area contributed by atoms with Gasteiger partial charge in [0.1, 0.15) is 4.83 Å². The molecule has 0 unspecified atom stereocenters. The van der Waals surface area contributed by atoms with Gasteiger partial charge in [0.25, 0.3) is 5.56 Å². The first-order valence-electron chi connectivity index (χ1n) is 8.43. The second-order valence-electron chi connectivity index (χ2n) is 6.38. The molecule has 1 aromatic carbocycles. The fraction of sp³-hybridized carbons (Fsp3) is 0.263. The maximum Gasteiger partial charge on any atom is 0.262 e. The van der Waals surface area contributed by atoms with Gasteiger partial charge in [-0.3, -0.25) is 9.36 Å². The van der Waals surface area contributed by atoms with E-state index in [2.05, 4.69) is 15.2 Å². The monoisotopic (exact) mass is 398 g/mol. The molecule has 0 fully saturated rings. The van der Waals surface area contributed by atoms with Crippen LogP contribution in [-0.2, 0) is 12.8 Å². The molecule has 0 aliphatic carbocycles. The predicted molar refractivity (Wildman–Crippen MR) is 108 cm³/mol. The molecule has 0 N–H and O–H groups in total. The van der Waals surface area contributed by atoms with E-state index in [1.54, 1.807) is 23.0 Å². The van der Waals surface area contributed by atoms with Gasteiger partial charge >= 0.3 is 0 Å². The van der Waals surface area contributed by atoms with Gasteiger partial charge in [0.05, 0.1) is 11.1 Å². The molecule has 27 heavy (non-hydrogen) atoms. The van der Waals surface area contributed by atoms with Gasteiger partial charge in [-0.05, 0) is 38.5 Å². The molecule has 3 heterocycles. The summed E-state index contributed by atoms with van der Waals surface area (Å²) in [6, 6.07) is 7.93. The van der Waals surface area contributed by atoms with Crippen molar-refractivity contribution in [3.63, 3.8) is 0 Å². The van der Waals surface area contributed by atoms with Crippen LogP contribution in [0, 0.1) is 20.8 Å². The first kappa shape index (κ1) is 17.9. The molecular formula is C19H18N4O2S2. The molecule has 6 nitrogen and oxygen atoms in total. The summed E-state index contributed by atoms with van der Waals surface area (Å²) in [5.41, 5.74) is 3.06. The minimum Gasteiger partial charge on any atom is -0.420 e. The summed E-state index contributed by atoms with van der Waals surface area (Å²) in [6.07, 6.45) is 0. The van der Waals surface area contributed by atoms with E-state index < -0.39 is 0 Å². The fourth-order valence-corrected chi connectivity index (χ4v) is 4.62. The maximum absolute atomic E-state index is 12.7. The number of aromatic nitrogens is 4. The summed E-state index contributed by atoms with van der Waals surface area (Å²) in [5.74, 6) is 1.45. The van der Waals surface area contributed by atoms with Gasteiger partial charge < -0.3 is 4.42 Å². The smallest absolute Gasteiger partial charge is 0.262 e. The van der Waals surface area contributed by atoms with Crippen LogP contribution in [0.1, 0.15) is 21.9 Å². The first-order chi connectivity index (χ1) is 12.9. The second kappa shape index (κ2) is 6.94. The molecule has 0 amide bonds. The molecule has 0 atom stereocenters. The zero-order valence-corrected chi connectivity index (χ0v) is 17.1. The van der Waals surface area contributed by atoms with Crippen molar-refractivity contribution < 1.29 is 4.42 Å². The summed E-state index contributed by atoms with van der Waals surface area (Å²) in [4.78, 5) is 19.2. The van der Waals surface area contributed by atoms with Crippen LogP contribution in [0.25, 0.3) is 21.7 Å². The number of hydrogen-bond donors (Lipinski definition) is 0. The Morgan fingerprint density at radius 2 is 1.89 bits per heavy atom. The van der Waals surface area contributed by atoms with E-state index in [1.807, 2.05) is 45.0 Å². The van der Waals surface area contributed by atoms with Crippen molar-refractivity contribution in [2.45, 2.75) is 31.7 Å². The van der Waals surface area contributed by atoms with Gasteiger partial charge in [-0.2, -0.15) is 0 Å². The highest BCUT2D eigenvalue weighted by atomic mass is 32.2. The Bertz CT molecular complexity index is 1190. The molecule has 8 heteroatoms. The average Bonchev–Trinajstić information content (AvgIpc) is 3.23. The lowest BCUT2D eigenvalue weighted by Gasteiger charge is -2.05. The van der Waals surface area contributed by atoms with E-state index >= 15 is 0 Å². The van der Waals surface area contributed by atoms with Crippen molar-refractivity contribution in [1.82, 2.24) is 19.7 Å². The van der Waals surface area contributed by atoms with Crippen molar-refractivity contribution >= 4 is 33.3 Å². The Balaban J connectivity index is 1.58. The molecule has 4 aromatic rings. The van der Waals surface area contributed by atoms with Crippen LogP contribution >= 0.6 is 23.1 Å². The molecule has 0 saturated heterocycles. The van der Waals surface area contributed by atoms with Crippen LogP contribution in [0.4, 0.5) is 0 Å². The van der Waals surface area contributed by atoms with Crippen LogP contribution in [0.15, 0.2) is 38.6 Å². The summed E-state index contributed by atoms with van der Waals surface area (Å²) < 4.78 is 7.34. The van der Waals surface area contributed by atoms with Gasteiger partial charge in [0.15, 0.2) is 5.16 Å². The van der Waals surface area contributed by atoms with Crippen molar-refractivity contribution in [2.24, 2.45) is 7.05 Å². The fourth-order valence-electron chi connectivity index (χ4n) is 2.74. The molecule has 0 bridgehead atoms. The van der Waals surface area contributed by atoms with Crippen molar-refractivity contribution in [2.75, 3.05) is 0 Å². The minimum absolute atomic E-state index is 0.0183. The van der Waals surface area contributed by atoms with Crippen LogP contribution in [-0.4, -0.2) is 19.7 Å². The first-order valence-corrected chi connectivity index (χ1v) is 10.2. The maximum atomic E-state index is 12.7.